The van der Waals surface area contributed by atoms with Crippen molar-refractivity contribution in [2.45, 2.75) is 83.6 Å². The predicted octanol–water partition coefficient (Wildman–Crippen LogP) is 6.42. The van der Waals surface area contributed by atoms with Crippen molar-refractivity contribution >= 4 is 22.6 Å². The fraction of sp³-hybridized carbons (Fsp3) is 0.588. The summed E-state index contributed by atoms with van der Waals surface area (Å²) in [5.41, 5.74) is 2.78. The van der Waals surface area contributed by atoms with E-state index in [-0.39, 0.29) is 23.3 Å². The summed E-state index contributed by atoms with van der Waals surface area (Å²) in [6.45, 7) is 4.08. The molecule has 8 heteroatoms. The number of benzene rings is 1. The number of rotatable bonds is 13. The number of nitrogens with one attached hydrogen (secondary N) is 1. The average molecular weight is 573 g/mol. The topological polar surface area (TPSA) is 97.6 Å². The minimum Gasteiger partial charge on any atom is -0.496 e. The standard InChI is InChI=1S/C34H44N4O4/c1-22-9-12-24-18-26(30(41-3)19-29(24)36-22)31-21-35-33(42-31)28(8-6-4-5-7-25(39)17-23-10-11-23)37-32(40)27-20-34(27)13-15-38(2)16-14-34/h9,12,18-19,21,23,27-28H,4-8,10-11,13-17,20H2,1-3H3,(H,37,40)/t27-,28+/m1/s1. The number of amides is 1. The van der Waals surface area contributed by atoms with E-state index in [1.807, 2.05) is 31.2 Å². The summed E-state index contributed by atoms with van der Waals surface area (Å²) in [7, 11) is 3.80. The van der Waals surface area contributed by atoms with Crippen LogP contribution in [0.5, 0.6) is 5.75 Å². The number of likely N-dealkylation sites (tertiary alicyclic amines) is 1. The highest BCUT2D eigenvalue weighted by atomic mass is 16.5. The molecule has 1 amide bonds. The number of methoxy groups -OCH3 is 1. The van der Waals surface area contributed by atoms with E-state index in [4.69, 9.17) is 9.15 Å². The van der Waals surface area contributed by atoms with Crippen LogP contribution in [0.1, 0.15) is 88.3 Å². The van der Waals surface area contributed by atoms with E-state index >= 15 is 0 Å². The minimum atomic E-state index is -0.312. The van der Waals surface area contributed by atoms with Crippen LogP contribution in [0.25, 0.3) is 22.2 Å². The SMILES string of the molecule is COc1cc2nc(C)ccc2cc1-c1cnc([C@H](CCCCCC(=O)CC2CC2)NC(=O)[C@H]2CC23CCN(C)CC3)o1. The predicted molar refractivity (Wildman–Crippen MR) is 162 cm³/mol. The van der Waals surface area contributed by atoms with Gasteiger partial charge in [-0.1, -0.05) is 18.9 Å². The van der Waals surface area contributed by atoms with Gasteiger partial charge in [-0.2, -0.15) is 0 Å². The molecule has 0 radical (unpaired) electrons. The summed E-state index contributed by atoms with van der Waals surface area (Å²) in [5, 5.41) is 4.32. The van der Waals surface area contributed by atoms with Gasteiger partial charge in [-0.3, -0.25) is 14.6 Å². The van der Waals surface area contributed by atoms with Crippen molar-refractivity contribution in [1.82, 2.24) is 20.2 Å². The van der Waals surface area contributed by atoms with E-state index in [0.717, 1.165) is 86.6 Å². The number of carbonyl (C=O) groups excluding carboxylic acids is 2. The van der Waals surface area contributed by atoms with Gasteiger partial charge in [-0.05, 0) is 95.5 Å². The number of hydrogen-bond acceptors (Lipinski definition) is 7. The first-order valence-electron chi connectivity index (χ1n) is 15.8. The molecule has 3 aromatic rings. The zero-order valence-electron chi connectivity index (χ0n) is 25.3. The van der Waals surface area contributed by atoms with Crippen LogP contribution < -0.4 is 10.1 Å². The highest BCUT2D eigenvalue weighted by Crippen LogP contribution is 2.59. The molecule has 1 aliphatic heterocycles. The van der Waals surface area contributed by atoms with E-state index in [2.05, 4.69) is 27.2 Å². The fourth-order valence-electron chi connectivity index (χ4n) is 6.65. The van der Waals surface area contributed by atoms with E-state index in [1.54, 1.807) is 13.3 Å². The molecule has 2 aliphatic carbocycles. The molecule has 0 bridgehead atoms. The first-order chi connectivity index (χ1) is 20.3. The highest BCUT2D eigenvalue weighted by Gasteiger charge is 2.58. The number of Topliss-reactive ketones (excluding diaryl/α,β-unsaturated/α-hetero) is 1. The Balaban J connectivity index is 1.16. The molecule has 8 nitrogen and oxygen atoms in total. The van der Waals surface area contributed by atoms with Gasteiger partial charge in [0.2, 0.25) is 11.8 Å². The van der Waals surface area contributed by atoms with Crippen LogP contribution in [0.4, 0.5) is 0 Å². The number of piperidine rings is 1. The average Bonchev–Trinajstić information content (AvgIpc) is 3.88. The van der Waals surface area contributed by atoms with E-state index in [1.165, 1.54) is 12.8 Å². The number of ketones is 1. The Labute approximate surface area is 248 Å². The molecular weight excluding hydrogens is 528 g/mol. The van der Waals surface area contributed by atoms with E-state index in [9.17, 15) is 9.59 Å². The van der Waals surface area contributed by atoms with Crippen molar-refractivity contribution < 1.29 is 18.7 Å². The van der Waals surface area contributed by atoms with Gasteiger partial charge in [-0.25, -0.2) is 4.98 Å². The van der Waals surface area contributed by atoms with Crippen LogP contribution in [0.15, 0.2) is 34.9 Å². The van der Waals surface area contributed by atoms with Gasteiger partial charge in [0.25, 0.3) is 0 Å². The Morgan fingerprint density at radius 3 is 2.74 bits per heavy atom. The number of unbranched alkanes of at least 4 members (excludes halogenated alkanes) is 2. The maximum atomic E-state index is 13.5. The third-order valence-electron chi connectivity index (χ3n) is 9.70. The van der Waals surface area contributed by atoms with Crippen LogP contribution in [0.2, 0.25) is 0 Å². The molecule has 6 rings (SSSR count). The number of nitrogens with zero attached hydrogens (tertiary/aromatic N) is 3. The summed E-state index contributed by atoms with van der Waals surface area (Å²) in [5.74, 6) is 3.02. The molecule has 2 saturated carbocycles. The number of carbonyl (C=O) groups is 2. The van der Waals surface area contributed by atoms with Crippen molar-refractivity contribution in [3.63, 3.8) is 0 Å². The number of ether oxygens (including phenoxy) is 1. The molecular formula is C34H44N4O4. The molecule has 3 heterocycles. The number of oxazole rings is 1. The maximum Gasteiger partial charge on any atom is 0.224 e. The van der Waals surface area contributed by atoms with Gasteiger partial charge in [0.1, 0.15) is 17.6 Å². The minimum absolute atomic E-state index is 0.0692. The Morgan fingerprint density at radius 1 is 1.17 bits per heavy atom. The molecule has 1 N–H and O–H groups in total. The highest BCUT2D eigenvalue weighted by molar-refractivity contribution is 5.87. The smallest absolute Gasteiger partial charge is 0.224 e. The van der Waals surface area contributed by atoms with Crippen molar-refractivity contribution in [2.24, 2.45) is 17.3 Å². The second-order valence-electron chi connectivity index (χ2n) is 13.0. The van der Waals surface area contributed by atoms with Crippen molar-refractivity contribution in [3.8, 4) is 17.1 Å². The van der Waals surface area contributed by atoms with E-state index in [0.29, 0.717) is 35.5 Å². The molecule has 3 fully saturated rings. The summed E-state index contributed by atoms with van der Waals surface area (Å²) < 4.78 is 12.1. The summed E-state index contributed by atoms with van der Waals surface area (Å²) >= 11 is 0. The number of pyridine rings is 1. The lowest BCUT2D eigenvalue weighted by Gasteiger charge is -2.30. The number of fused-ring (bicyclic) bond motifs is 1. The Morgan fingerprint density at radius 2 is 1.98 bits per heavy atom. The Hall–Kier alpha value is -3.26. The van der Waals surface area contributed by atoms with Crippen molar-refractivity contribution in [3.05, 3.63) is 42.0 Å². The molecule has 224 valence electrons. The van der Waals surface area contributed by atoms with Crippen molar-refractivity contribution in [1.29, 1.82) is 0 Å². The van der Waals surface area contributed by atoms with Crippen LogP contribution in [0.3, 0.4) is 0 Å². The van der Waals surface area contributed by atoms with E-state index < -0.39 is 0 Å². The lowest BCUT2D eigenvalue weighted by Crippen LogP contribution is -2.36. The zero-order chi connectivity index (χ0) is 29.3. The molecule has 0 unspecified atom stereocenters. The second-order valence-corrected chi connectivity index (χ2v) is 13.0. The number of hydrogen-bond donors (Lipinski definition) is 1. The lowest BCUT2D eigenvalue weighted by molar-refractivity contribution is -0.124. The Bertz CT molecular complexity index is 1440. The molecule has 1 spiro atoms. The quantitative estimate of drug-likeness (QED) is 0.236. The molecule has 1 aromatic carbocycles. The lowest BCUT2D eigenvalue weighted by atomic mass is 9.91. The molecule has 2 aromatic heterocycles. The Kier molecular flexibility index (Phi) is 8.35. The molecule has 1 saturated heterocycles. The van der Waals surface area contributed by atoms with Crippen LogP contribution in [0, 0.1) is 24.2 Å². The monoisotopic (exact) mass is 572 g/mol. The fourth-order valence-corrected chi connectivity index (χ4v) is 6.65. The van der Waals surface area contributed by atoms with Crippen LogP contribution >= 0.6 is 0 Å². The van der Waals surface area contributed by atoms with Gasteiger partial charge >= 0.3 is 0 Å². The van der Waals surface area contributed by atoms with Crippen LogP contribution in [-0.2, 0) is 9.59 Å². The second kappa shape index (κ2) is 12.2. The largest absolute Gasteiger partial charge is 0.496 e. The first-order valence-corrected chi connectivity index (χ1v) is 15.8. The first kappa shape index (κ1) is 28.8. The van der Waals surface area contributed by atoms with Gasteiger partial charge in [-0.15, -0.1) is 0 Å². The number of aromatic nitrogens is 2. The van der Waals surface area contributed by atoms with Gasteiger partial charge in [0.05, 0.1) is 24.4 Å². The third-order valence-corrected chi connectivity index (χ3v) is 9.70. The van der Waals surface area contributed by atoms with Gasteiger partial charge in [0, 0.05) is 35.9 Å². The van der Waals surface area contributed by atoms with Gasteiger partial charge < -0.3 is 19.4 Å². The zero-order valence-corrected chi connectivity index (χ0v) is 25.3. The maximum absolute atomic E-state index is 13.5. The van der Waals surface area contributed by atoms with Crippen LogP contribution in [-0.4, -0.2) is 53.8 Å². The normalized spacial score (nSPS) is 20.5. The van der Waals surface area contributed by atoms with Crippen molar-refractivity contribution in [2.75, 3.05) is 27.2 Å². The molecule has 3 aliphatic rings. The number of aryl methyl sites for hydroxylation is 1. The van der Waals surface area contributed by atoms with Gasteiger partial charge in [0.15, 0.2) is 5.76 Å². The summed E-state index contributed by atoms with van der Waals surface area (Å²) in [4.78, 5) is 37.4. The molecule has 2 atom stereocenters. The third kappa shape index (κ3) is 6.54. The molecule has 42 heavy (non-hydrogen) atoms. The summed E-state index contributed by atoms with van der Waals surface area (Å²) in [6, 6.07) is 7.67. The summed E-state index contributed by atoms with van der Waals surface area (Å²) in [6.07, 6.45) is 12.2.